The zero-order chi connectivity index (χ0) is 19.2. The largest absolute Gasteiger partial charge is 0.494 e. The first-order chi connectivity index (χ1) is 13.1. The number of hydrogen-bond acceptors (Lipinski definition) is 4. The first-order valence-electron chi connectivity index (χ1n) is 9.13. The topological polar surface area (TPSA) is 67.9 Å². The lowest BCUT2D eigenvalue weighted by atomic mass is 10.2. The maximum Gasteiger partial charge on any atom is 0.265 e. The lowest BCUT2D eigenvalue weighted by molar-refractivity contribution is -0.121. The Kier molecular flexibility index (Phi) is 5.96. The molecule has 2 amide bonds. The van der Waals surface area contributed by atoms with Crippen LogP contribution < -0.4 is 19.7 Å². The summed E-state index contributed by atoms with van der Waals surface area (Å²) in [5.74, 6) is 1.29. The molecule has 0 radical (unpaired) electrons. The highest BCUT2D eigenvalue weighted by Crippen LogP contribution is 2.34. The summed E-state index contributed by atoms with van der Waals surface area (Å²) >= 11 is 0. The molecular formula is C21H24N2O4. The predicted octanol–water partition coefficient (Wildman–Crippen LogP) is 3.54. The zero-order valence-electron chi connectivity index (χ0n) is 15.7. The van der Waals surface area contributed by atoms with E-state index in [2.05, 4.69) is 5.32 Å². The Labute approximate surface area is 159 Å². The highest BCUT2D eigenvalue weighted by Gasteiger charge is 2.25. The number of amides is 2. The smallest absolute Gasteiger partial charge is 0.265 e. The Morgan fingerprint density at radius 2 is 2.00 bits per heavy atom. The van der Waals surface area contributed by atoms with Gasteiger partial charge in [-0.2, -0.15) is 0 Å². The average molecular weight is 368 g/mol. The van der Waals surface area contributed by atoms with Crippen LogP contribution in [0.5, 0.6) is 11.5 Å². The number of anilines is 2. The molecule has 0 saturated heterocycles. The Morgan fingerprint density at radius 3 is 2.74 bits per heavy atom. The monoisotopic (exact) mass is 368 g/mol. The van der Waals surface area contributed by atoms with Crippen molar-refractivity contribution in [2.75, 3.05) is 30.0 Å². The third kappa shape index (κ3) is 4.78. The van der Waals surface area contributed by atoms with Gasteiger partial charge in [0.25, 0.3) is 5.91 Å². The normalized spacial score (nSPS) is 13.0. The molecule has 142 valence electrons. The molecular weight excluding hydrogens is 344 g/mol. The first-order valence-corrected chi connectivity index (χ1v) is 9.13. The van der Waals surface area contributed by atoms with E-state index in [1.165, 1.54) is 5.56 Å². The van der Waals surface area contributed by atoms with Gasteiger partial charge in [0, 0.05) is 18.7 Å². The van der Waals surface area contributed by atoms with Crippen molar-refractivity contribution in [3.8, 4) is 11.5 Å². The summed E-state index contributed by atoms with van der Waals surface area (Å²) < 4.78 is 11.2. The second kappa shape index (κ2) is 8.58. The summed E-state index contributed by atoms with van der Waals surface area (Å²) in [6.07, 6.45) is 1.08. The summed E-state index contributed by atoms with van der Waals surface area (Å²) in [5, 5.41) is 2.81. The van der Waals surface area contributed by atoms with Gasteiger partial charge in [-0.25, -0.2) is 0 Å². The Hall–Kier alpha value is -3.02. The SMILES string of the molecule is CCC(=O)Nc1ccc2c(c1)N(CCCOc1ccc(C)cc1)C(=O)CO2. The van der Waals surface area contributed by atoms with E-state index in [0.717, 1.165) is 5.75 Å². The fourth-order valence-electron chi connectivity index (χ4n) is 2.82. The van der Waals surface area contributed by atoms with Gasteiger partial charge in [0.2, 0.25) is 5.91 Å². The van der Waals surface area contributed by atoms with Crippen LogP contribution in [0, 0.1) is 6.92 Å². The van der Waals surface area contributed by atoms with Crippen LogP contribution in [0.4, 0.5) is 11.4 Å². The fraction of sp³-hybridized carbons (Fsp3) is 0.333. The van der Waals surface area contributed by atoms with Gasteiger partial charge < -0.3 is 19.7 Å². The van der Waals surface area contributed by atoms with E-state index in [1.54, 1.807) is 30.0 Å². The van der Waals surface area contributed by atoms with Crippen molar-refractivity contribution >= 4 is 23.2 Å². The number of rotatable bonds is 7. The average Bonchev–Trinajstić information content (AvgIpc) is 2.68. The number of nitrogens with zero attached hydrogens (tertiary/aromatic N) is 1. The van der Waals surface area contributed by atoms with Crippen molar-refractivity contribution in [1.29, 1.82) is 0 Å². The van der Waals surface area contributed by atoms with Gasteiger partial charge in [0.15, 0.2) is 6.61 Å². The van der Waals surface area contributed by atoms with E-state index < -0.39 is 0 Å². The molecule has 0 saturated carbocycles. The summed E-state index contributed by atoms with van der Waals surface area (Å²) in [4.78, 5) is 25.6. The quantitative estimate of drug-likeness (QED) is 0.759. The standard InChI is InChI=1S/C21H24N2O4/c1-3-20(24)22-16-7-10-19-18(13-16)23(21(25)14-27-19)11-4-12-26-17-8-5-15(2)6-9-17/h5-10,13H,3-4,11-12,14H2,1-2H3,(H,22,24). The third-order valence-corrected chi connectivity index (χ3v) is 4.32. The van der Waals surface area contributed by atoms with Crippen LogP contribution in [0.3, 0.4) is 0 Å². The number of ether oxygens (including phenoxy) is 2. The minimum atomic E-state index is -0.100. The molecule has 0 aliphatic carbocycles. The number of benzene rings is 2. The zero-order valence-corrected chi connectivity index (χ0v) is 15.7. The molecule has 0 aromatic heterocycles. The lowest BCUT2D eigenvalue weighted by Gasteiger charge is -2.29. The van der Waals surface area contributed by atoms with Gasteiger partial charge in [-0.1, -0.05) is 24.6 Å². The maximum atomic E-state index is 12.3. The Balaban J connectivity index is 1.63. The van der Waals surface area contributed by atoms with Gasteiger partial charge in [0.1, 0.15) is 11.5 Å². The predicted molar refractivity (Wildman–Crippen MR) is 105 cm³/mol. The number of carbonyl (C=O) groups is 2. The highest BCUT2D eigenvalue weighted by atomic mass is 16.5. The summed E-state index contributed by atoms with van der Waals surface area (Å²) in [5.41, 5.74) is 2.51. The number of hydrogen-bond donors (Lipinski definition) is 1. The molecule has 6 nitrogen and oxygen atoms in total. The third-order valence-electron chi connectivity index (χ3n) is 4.32. The van der Waals surface area contributed by atoms with Crippen LogP contribution in [0.1, 0.15) is 25.3 Å². The van der Waals surface area contributed by atoms with Crippen molar-refractivity contribution in [2.24, 2.45) is 0 Å². The second-order valence-corrected chi connectivity index (χ2v) is 6.43. The molecule has 3 rings (SSSR count). The van der Waals surface area contributed by atoms with Crippen LogP contribution >= 0.6 is 0 Å². The van der Waals surface area contributed by atoms with Gasteiger partial charge in [-0.15, -0.1) is 0 Å². The summed E-state index contributed by atoms with van der Waals surface area (Å²) in [6, 6.07) is 13.2. The minimum Gasteiger partial charge on any atom is -0.494 e. The molecule has 1 aliphatic rings. The van der Waals surface area contributed by atoms with Gasteiger partial charge in [0.05, 0.1) is 12.3 Å². The highest BCUT2D eigenvalue weighted by molar-refractivity contribution is 5.99. The van der Waals surface area contributed by atoms with E-state index in [1.807, 2.05) is 31.2 Å². The van der Waals surface area contributed by atoms with Crippen LogP contribution in [-0.2, 0) is 9.59 Å². The van der Waals surface area contributed by atoms with Crippen molar-refractivity contribution in [3.63, 3.8) is 0 Å². The van der Waals surface area contributed by atoms with Crippen molar-refractivity contribution in [2.45, 2.75) is 26.7 Å². The van der Waals surface area contributed by atoms with Crippen LogP contribution in [-0.4, -0.2) is 31.6 Å². The van der Waals surface area contributed by atoms with E-state index in [4.69, 9.17) is 9.47 Å². The van der Waals surface area contributed by atoms with Gasteiger partial charge in [-0.3, -0.25) is 9.59 Å². The summed E-state index contributed by atoms with van der Waals surface area (Å²) in [7, 11) is 0. The number of aryl methyl sites for hydroxylation is 1. The van der Waals surface area contributed by atoms with E-state index >= 15 is 0 Å². The van der Waals surface area contributed by atoms with Crippen molar-refractivity contribution < 1.29 is 19.1 Å². The minimum absolute atomic E-state index is 0.0203. The molecule has 2 aromatic rings. The molecule has 0 bridgehead atoms. The second-order valence-electron chi connectivity index (χ2n) is 6.43. The molecule has 0 fully saturated rings. The van der Waals surface area contributed by atoms with Crippen LogP contribution in [0.15, 0.2) is 42.5 Å². The molecule has 1 aliphatic heterocycles. The molecule has 0 spiro atoms. The molecule has 2 aromatic carbocycles. The molecule has 6 heteroatoms. The van der Waals surface area contributed by atoms with Crippen LogP contribution in [0.2, 0.25) is 0 Å². The number of fused-ring (bicyclic) bond motifs is 1. The first kappa shape index (κ1) is 18.8. The molecule has 1 heterocycles. The van der Waals surface area contributed by atoms with E-state index in [0.29, 0.717) is 43.1 Å². The van der Waals surface area contributed by atoms with Crippen molar-refractivity contribution in [1.82, 2.24) is 0 Å². The van der Waals surface area contributed by atoms with Gasteiger partial charge in [-0.05, 0) is 43.7 Å². The molecule has 27 heavy (non-hydrogen) atoms. The number of carbonyl (C=O) groups excluding carboxylic acids is 2. The molecule has 1 N–H and O–H groups in total. The Morgan fingerprint density at radius 1 is 1.22 bits per heavy atom. The van der Waals surface area contributed by atoms with E-state index in [-0.39, 0.29) is 18.4 Å². The van der Waals surface area contributed by atoms with Crippen molar-refractivity contribution in [3.05, 3.63) is 48.0 Å². The fourth-order valence-corrected chi connectivity index (χ4v) is 2.82. The van der Waals surface area contributed by atoms with E-state index in [9.17, 15) is 9.59 Å². The maximum absolute atomic E-state index is 12.3. The molecule has 0 unspecified atom stereocenters. The Bertz CT molecular complexity index is 817. The molecule has 0 atom stereocenters. The summed E-state index contributed by atoms with van der Waals surface area (Å²) in [6.45, 7) is 4.87. The lowest BCUT2D eigenvalue weighted by Crippen LogP contribution is -2.39. The van der Waals surface area contributed by atoms with Crippen LogP contribution in [0.25, 0.3) is 0 Å². The van der Waals surface area contributed by atoms with Gasteiger partial charge >= 0.3 is 0 Å². The number of nitrogens with one attached hydrogen (secondary N) is 1.